The predicted octanol–water partition coefficient (Wildman–Crippen LogP) is 5.15. The van der Waals surface area contributed by atoms with Crippen LogP contribution >= 0.6 is 0 Å². The largest absolute Gasteiger partial charge is 0.204 e. The third kappa shape index (κ3) is 4.00. The predicted molar refractivity (Wildman–Crippen MR) is 63.4 cm³/mol. The molecule has 0 heterocycles. The Morgan fingerprint density at radius 2 is 1.39 bits per heavy atom. The molecule has 0 bridgehead atoms. The molecule has 4 heteroatoms. The Balaban J connectivity index is 2.48. The van der Waals surface area contributed by atoms with Crippen LogP contribution in [0.5, 0.6) is 0 Å². The summed E-state index contributed by atoms with van der Waals surface area (Å²) < 4.78 is 51.9. The molecule has 0 nitrogen and oxygen atoms in total. The van der Waals surface area contributed by atoms with E-state index in [0.29, 0.717) is 6.42 Å². The van der Waals surface area contributed by atoms with Crippen LogP contribution in [-0.4, -0.2) is 0 Å². The molecule has 0 amide bonds. The van der Waals surface area contributed by atoms with E-state index in [0.717, 1.165) is 38.2 Å². The van der Waals surface area contributed by atoms with E-state index in [1.807, 2.05) is 0 Å². The van der Waals surface area contributed by atoms with Crippen LogP contribution < -0.4 is 0 Å². The van der Waals surface area contributed by atoms with E-state index in [1.165, 1.54) is 0 Å². The number of benzene rings is 1. The summed E-state index contributed by atoms with van der Waals surface area (Å²) in [4.78, 5) is 0. The van der Waals surface area contributed by atoms with Crippen LogP contribution in [-0.2, 0) is 6.42 Å². The molecule has 0 radical (unpaired) electrons. The van der Waals surface area contributed by atoms with E-state index in [9.17, 15) is 17.6 Å². The monoisotopic (exact) mass is 262 g/mol. The summed E-state index contributed by atoms with van der Waals surface area (Å²) in [5, 5.41) is 0. The lowest BCUT2D eigenvalue weighted by molar-refractivity contribution is 0.403. The van der Waals surface area contributed by atoms with Crippen LogP contribution in [0.4, 0.5) is 17.6 Å². The van der Waals surface area contributed by atoms with Gasteiger partial charge in [0, 0.05) is 0 Å². The van der Waals surface area contributed by atoms with E-state index in [4.69, 9.17) is 0 Å². The van der Waals surface area contributed by atoms with Gasteiger partial charge in [-0.2, -0.15) is 0 Å². The number of hydrogen-bond acceptors (Lipinski definition) is 0. The van der Waals surface area contributed by atoms with Gasteiger partial charge in [-0.25, -0.2) is 17.6 Å². The second-order valence-corrected chi connectivity index (χ2v) is 4.48. The summed E-state index contributed by atoms with van der Waals surface area (Å²) in [5.41, 5.74) is -0.0816. The zero-order valence-corrected chi connectivity index (χ0v) is 10.5. The van der Waals surface area contributed by atoms with E-state index in [1.54, 1.807) is 0 Å². The number of halogens is 4. The third-order valence-corrected chi connectivity index (χ3v) is 2.98. The van der Waals surface area contributed by atoms with Gasteiger partial charge in [0.25, 0.3) is 0 Å². The van der Waals surface area contributed by atoms with Crippen molar-refractivity contribution in [2.24, 2.45) is 0 Å². The Morgan fingerprint density at radius 1 is 0.778 bits per heavy atom. The van der Waals surface area contributed by atoms with Crippen molar-refractivity contribution in [3.8, 4) is 0 Å². The van der Waals surface area contributed by atoms with E-state index in [-0.39, 0.29) is 12.0 Å². The van der Waals surface area contributed by atoms with Gasteiger partial charge in [-0.1, -0.05) is 39.0 Å². The molecule has 0 aromatic heterocycles. The summed E-state index contributed by atoms with van der Waals surface area (Å²) >= 11 is 0. The van der Waals surface area contributed by atoms with Crippen molar-refractivity contribution in [2.75, 3.05) is 0 Å². The number of aryl methyl sites for hydroxylation is 1. The summed E-state index contributed by atoms with van der Waals surface area (Å²) in [6.07, 6.45) is 6.24. The first-order valence-electron chi connectivity index (χ1n) is 6.39. The molecule has 0 aliphatic rings. The molecule has 0 atom stereocenters. The Labute approximate surface area is 105 Å². The van der Waals surface area contributed by atoms with Crippen LogP contribution in [0.2, 0.25) is 0 Å². The first-order chi connectivity index (χ1) is 8.57. The number of hydrogen-bond donors (Lipinski definition) is 0. The van der Waals surface area contributed by atoms with Gasteiger partial charge in [0.15, 0.2) is 23.3 Å². The molecular weight excluding hydrogens is 244 g/mol. The Hall–Kier alpha value is -1.06. The normalized spacial score (nSPS) is 10.9. The van der Waals surface area contributed by atoms with Gasteiger partial charge in [-0.15, -0.1) is 0 Å². The van der Waals surface area contributed by atoms with Crippen LogP contribution in [0.25, 0.3) is 0 Å². The van der Waals surface area contributed by atoms with Crippen molar-refractivity contribution in [1.82, 2.24) is 0 Å². The Morgan fingerprint density at radius 3 is 2.06 bits per heavy atom. The van der Waals surface area contributed by atoms with E-state index in [2.05, 4.69) is 6.92 Å². The minimum absolute atomic E-state index is 0.0816. The second-order valence-electron chi connectivity index (χ2n) is 4.48. The van der Waals surface area contributed by atoms with Gasteiger partial charge in [0.1, 0.15) is 0 Å². The maximum Gasteiger partial charge on any atom is 0.197 e. The van der Waals surface area contributed by atoms with E-state index >= 15 is 0 Å². The van der Waals surface area contributed by atoms with Crippen molar-refractivity contribution in [2.45, 2.75) is 51.9 Å². The van der Waals surface area contributed by atoms with Gasteiger partial charge in [0.2, 0.25) is 0 Å². The SMILES string of the molecule is CCCCCCCCc1cc(F)c(F)c(F)c1F. The van der Waals surface area contributed by atoms with Crippen molar-refractivity contribution < 1.29 is 17.6 Å². The lowest BCUT2D eigenvalue weighted by Crippen LogP contribution is -2.01. The Bertz CT molecular complexity index is 388. The molecule has 1 aromatic rings. The smallest absolute Gasteiger partial charge is 0.197 e. The van der Waals surface area contributed by atoms with Gasteiger partial charge >= 0.3 is 0 Å². The van der Waals surface area contributed by atoms with Crippen molar-refractivity contribution in [3.63, 3.8) is 0 Å². The second kappa shape index (κ2) is 7.39. The van der Waals surface area contributed by atoms with Gasteiger partial charge in [-0.05, 0) is 24.5 Å². The maximum absolute atomic E-state index is 13.3. The highest BCUT2D eigenvalue weighted by Crippen LogP contribution is 2.20. The maximum atomic E-state index is 13.3. The molecule has 0 N–H and O–H groups in total. The Kier molecular flexibility index (Phi) is 6.16. The molecule has 18 heavy (non-hydrogen) atoms. The zero-order valence-electron chi connectivity index (χ0n) is 10.5. The third-order valence-electron chi connectivity index (χ3n) is 2.98. The van der Waals surface area contributed by atoms with Crippen molar-refractivity contribution in [3.05, 3.63) is 34.9 Å². The minimum atomic E-state index is -1.74. The highest BCUT2D eigenvalue weighted by Gasteiger charge is 2.18. The average molecular weight is 262 g/mol. The van der Waals surface area contributed by atoms with Crippen LogP contribution in [0.15, 0.2) is 6.07 Å². The van der Waals surface area contributed by atoms with Gasteiger partial charge in [0.05, 0.1) is 0 Å². The average Bonchev–Trinajstić information content (AvgIpc) is 2.37. The topological polar surface area (TPSA) is 0 Å². The molecule has 1 aromatic carbocycles. The summed E-state index contributed by atoms with van der Waals surface area (Å²) in [7, 11) is 0. The number of rotatable bonds is 7. The molecule has 0 spiro atoms. The fourth-order valence-electron chi connectivity index (χ4n) is 1.90. The van der Waals surface area contributed by atoms with Crippen molar-refractivity contribution >= 4 is 0 Å². The summed E-state index contributed by atoms with van der Waals surface area (Å²) in [6.45, 7) is 2.11. The number of unbranched alkanes of at least 4 members (excludes halogenated alkanes) is 5. The van der Waals surface area contributed by atoms with Crippen LogP contribution in [0, 0.1) is 23.3 Å². The van der Waals surface area contributed by atoms with Crippen LogP contribution in [0.3, 0.4) is 0 Å². The first-order valence-corrected chi connectivity index (χ1v) is 6.39. The molecule has 0 saturated heterocycles. The molecule has 0 fully saturated rings. The minimum Gasteiger partial charge on any atom is -0.204 e. The standard InChI is InChI=1S/C14H18F4/c1-2-3-4-5-6-7-8-10-9-11(15)13(17)14(18)12(10)16/h9H,2-8H2,1H3. The van der Waals surface area contributed by atoms with Crippen LogP contribution in [0.1, 0.15) is 51.0 Å². The van der Waals surface area contributed by atoms with Gasteiger partial charge < -0.3 is 0 Å². The molecule has 102 valence electrons. The molecule has 0 saturated carbocycles. The molecule has 1 rings (SSSR count). The molecule has 0 aliphatic carbocycles. The fourth-order valence-corrected chi connectivity index (χ4v) is 1.90. The zero-order chi connectivity index (χ0) is 13.5. The fraction of sp³-hybridized carbons (Fsp3) is 0.571. The molecule has 0 unspecified atom stereocenters. The molecule has 0 aliphatic heterocycles. The lowest BCUT2D eigenvalue weighted by Gasteiger charge is -2.06. The van der Waals surface area contributed by atoms with Crippen molar-refractivity contribution in [1.29, 1.82) is 0 Å². The summed E-state index contributed by atoms with van der Waals surface area (Å²) in [5.74, 6) is -6.03. The summed E-state index contributed by atoms with van der Waals surface area (Å²) in [6, 6.07) is 0.750. The molecular formula is C14H18F4. The quantitative estimate of drug-likeness (QED) is 0.276. The lowest BCUT2D eigenvalue weighted by atomic mass is 10.0. The first kappa shape index (κ1) is 15.0. The van der Waals surface area contributed by atoms with E-state index < -0.39 is 23.3 Å². The van der Waals surface area contributed by atoms with Gasteiger partial charge in [-0.3, -0.25) is 0 Å². The highest BCUT2D eigenvalue weighted by atomic mass is 19.2. The highest BCUT2D eigenvalue weighted by molar-refractivity contribution is 5.21.